The molecule has 3 rings (SSSR count). The van der Waals surface area contributed by atoms with E-state index >= 15 is 0 Å². The van der Waals surface area contributed by atoms with Crippen LogP contribution in [0, 0.1) is 0 Å². The van der Waals surface area contributed by atoms with Gasteiger partial charge in [-0.15, -0.1) is 23.1 Å². The number of hydrogen-bond donors (Lipinski definition) is 2. The zero-order valence-corrected chi connectivity index (χ0v) is 16.1. The van der Waals surface area contributed by atoms with Gasteiger partial charge in [-0.05, 0) is 29.1 Å². The lowest BCUT2D eigenvalue weighted by Gasteiger charge is -2.18. The van der Waals surface area contributed by atoms with Gasteiger partial charge in [0.2, 0.25) is 5.91 Å². The largest absolute Gasteiger partial charge is 0.354 e. The molecule has 1 amide bonds. The van der Waals surface area contributed by atoms with E-state index in [-0.39, 0.29) is 11.9 Å². The fraction of sp³-hybridized carbons (Fsp3) is 0.190. The van der Waals surface area contributed by atoms with Gasteiger partial charge >= 0.3 is 0 Å². The monoisotopic (exact) mass is 382 g/mol. The van der Waals surface area contributed by atoms with Crippen LogP contribution in [0.3, 0.4) is 0 Å². The van der Waals surface area contributed by atoms with Gasteiger partial charge in [-0.3, -0.25) is 10.1 Å². The molecule has 0 unspecified atom stereocenters. The van der Waals surface area contributed by atoms with Crippen LogP contribution in [0.5, 0.6) is 0 Å². The minimum Gasteiger partial charge on any atom is -0.354 e. The number of hydrogen-bond acceptors (Lipinski definition) is 4. The lowest BCUT2D eigenvalue weighted by molar-refractivity contribution is -0.120. The lowest BCUT2D eigenvalue weighted by atomic mass is 10.1. The van der Waals surface area contributed by atoms with E-state index < -0.39 is 0 Å². The molecular formula is C21H22N2OS2. The first-order valence-corrected chi connectivity index (χ1v) is 10.5. The van der Waals surface area contributed by atoms with E-state index in [2.05, 4.69) is 46.3 Å². The van der Waals surface area contributed by atoms with Gasteiger partial charge in [-0.2, -0.15) is 0 Å². The van der Waals surface area contributed by atoms with Gasteiger partial charge in [-0.1, -0.05) is 54.6 Å². The molecule has 0 bridgehead atoms. The smallest absolute Gasteiger partial charge is 0.234 e. The Kier molecular flexibility index (Phi) is 7.31. The number of thiophene rings is 1. The molecular weight excluding hydrogens is 360 g/mol. The normalized spacial score (nSPS) is 11.8. The van der Waals surface area contributed by atoms with E-state index in [9.17, 15) is 4.79 Å². The maximum atomic E-state index is 12.2. The molecule has 0 spiro atoms. The fourth-order valence-electron chi connectivity index (χ4n) is 2.62. The molecule has 26 heavy (non-hydrogen) atoms. The molecule has 0 radical (unpaired) electrons. The Bertz CT molecular complexity index is 776. The van der Waals surface area contributed by atoms with Crippen LogP contribution in [-0.2, 0) is 4.79 Å². The second-order valence-electron chi connectivity index (χ2n) is 5.75. The number of amides is 1. The number of nitrogens with one attached hydrogen (secondary N) is 2. The first-order valence-electron chi connectivity index (χ1n) is 8.59. The molecule has 134 valence electrons. The molecule has 0 aliphatic carbocycles. The fourth-order valence-corrected chi connectivity index (χ4v) is 4.23. The van der Waals surface area contributed by atoms with Crippen LogP contribution in [0.4, 0.5) is 0 Å². The van der Waals surface area contributed by atoms with E-state index in [0.717, 1.165) is 5.75 Å². The van der Waals surface area contributed by atoms with Crippen molar-refractivity contribution in [1.29, 1.82) is 0 Å². The standard InChI is InChI=1S/C21H22N2OS2/c24-20(22-13-15-25-18-10-5-2-6-11-18)16-23-21(19-12-7-14-26-19)17-8-3-1-4-9-17/h1-12,14,21,23H,13,15-16H2,(H,22,24)/t21-/m1/s1. The number of carbonyl (C=O) groups excluding carboxylic acids is 1. The SMILES string of the molecule is O=C(CN[C@H](c1ccccc1)c1cccs1)NCCSc1ccccc1. The summed E-state index contributed by atoms with van der Waals surface area (Å²) in [4.78, 5) is 14.6. The maximum Gasteiger partial charge on any atom is 0.234 e. The Labute approximate surface area is 162 Å². The van der Waals surface area contributed by atoms with Crippen LogP contribution in [0.25, 0.3) is 0 Å². The van der Waals surface area contributed by atoms with Crippen LogP contribution in [-0.4, -0.2) is 24.7 Å². The Morgan fingerprint density at radius 1 is 0.962 bits per heavy atom. The Balaban J connectivity index is 1.46. The van der Waals surface area contributed by atoms with Gasteiger partial charge in [0, 0.05) is 22.1 Å². The number of benzene rings is 2. The Hall–Kier alpha value is -2.08. The molecule has 1 aromatic heterocycles. The zero-order chi connectivity index (χ0) is 18.0. The van der Waals surface area contributed by atoms with Gasteiger partial charge in [-0.25, -0.2) is 0 Å². The highest BCUT2D eigenvalue weighted by molar-refractivity contribution is 7.99. The minimum absolute atomic E-state index is 0.0242. The molecule has 0 saturated carbocycles. The van der Waals surface area contributed by atoms with Crippen LogP contribution >= 0.6 is 23.1 Å². The van der Waals surface area contributed by atoms with E-state index in [1.807, 2.05) is 42.5 Å². The van der Waals surface area contributed by atoms with Gasteiger partial charge in [0.1, 0.15) is 0 Å². The van der Waals surface area contributed by atoms with Crippen LogP contribution in [0.15, 0.2) is 83.1 Å². The van der Waals surface area contributed by atoms with E-state index in [1.165, 1.54) is 15.3 Å². The van der Waals surface area contributed by atoms with Crippen LogP contribution in [0.1, 0.15) is 16.5 Å². The highest BCUT2D eigenvalue weighted by Crippen LogP contribution is 2.25. The third kappa shape index (κ3) is 5.73. The summed E-state index contributed by atoms with van der Waals surface area (Å²) in [6.07, 6.45) is 0. The summed E-state index contributed by atoms with van der Waals surface area (Å²) < 4.78 is 0. The summed E-state index contributed by atoms with van der Waals surface area (Å²) in [5.41, 5.74) is 1.17. The van der Waals surface area contributed by atoms with Crippen molar-refractivity contribution in [2.45, 2.75) is 10.9 Å². The topological polar surface area (TPSA) is 41.1 Å². The van der Waals surface area contributed by atoms with E-state index in [4.69, 9.17) is 0 Å². The van der Waals surface area contributed by atoms with Gasteiger partial charge in [0.05, 0.1) is 12.6 Å². The van der Waals surface area contributed by atoms with Crippen molar-refractivity contribution in [3.8, 4) is 0 Å². The summed E-state index contributed by atoms with van der Waals surface area (Å²) in [5.74, 6) is 0.888. The average molecular weight is 383 g/mol. The number of thioether (sulfide) groups is 1. The highest BCUT2D eigenvalue weighted by Gasteiger charge is 2.15. The third-order valence-corrected chi connectivity index (χ3v) is 5.81. The summed E-state index contributed by atoms with van der Waals surface area (Å²) in [6.45, 7) is 0.961. The molecule has 3 aromatic rings. The third-order valence-electron chi connectivity index (χ3n) is 3.86. The maximum absolute atomic E-state index is 12.2. The first kappa shape index (κ1) is 18.7. The van der Waals surface area contributed by atoms with Gasteiger partial charge in [0.15, 0.2) is 0 Å². The average Bonchev–Trinajstić information content (AvgIpc) is 3.22. The zero-order valence-electron chi connectivity index (χ0n) is 14.4. The molecule has 1 atom stereocenters. The Morgan fingerprint density at radius 2 is 1.69 bits per heavy atom. The van der Waals surface area contributed by atoms with Crippen LogP contribution < -0.4 is 10.6 Å². The van der Waals surface area contributed by atoms with Crippen molar-refractivity contribution < 1.29 is 4.79 Å². The molecule has 2 aromatic carbocycles. The van der Waals surface area contributed by atoms with Gasteiger partial charge < -0.3 is 5.32 Å². The van der Waals surface area contributed by atoms with Crippen molar-refractivity contribution in [3.05, 3.63) is 88.6 Å². The molecule has 1 heterocycles. The van der Waals surface area contributed by atoms with E-state index in [1.54, 1.807) is 23.1 Å². The molecule has 2 N–H and O–H groups in total. The van der Waals surface area contributed by atoms with Crippen LogP contribution in [0.2, 0.25) is 0 Å². The predicted molar refractivity (Wildman–Crippen MR) is 111 cm³/mol. The molecule has 3 nitrogen and oxygen atoms in total. The summed E-state index contributed by atoms with van der Waals surface area (Å²) >= 11 is 3.45. The van der Waals surface area contributed by atoms with Gasteiger partial charge in [0.25, 0.3) is 0 Å². The molecule has 0 saturated heterocycles. The minimum atomic E-state index is 0.0242. The van der Waals surface area contributed by atoms with Crippen molar-refractivity contribution >= 4 is 29.0 Å². The summed E-state index contributed by atoms with van der Waals surface area (Å²) in [6, 6.07) is 24.6. The number of carbonyl (C=O) groups is 1. The van der Waals surface area contributed by atoms with Crippen molar-refractivity contribution in [2.75, 3.05) is 18.8 Å². The second kappa shape index (κ2) is 10.2. The van der Waals surface area contributed by atoms with E-state index in [0.29, 0.717) is 13.1 Å². The quantitative estimate of drug-likeness (QED) is 0.427. The predicted octanol–water partition coefficient (Wildman–Crippen LogP) is 4.34. The van der Waals surface area contributed by atoms with Crippen molar-refractivity contribution in [1.82, 2.24) is 10.6 Å². The molecule has 0 aliphatic rings. The van der Waals surface area contributed by atoms with Crippen molar-refractivity contribution in [2.24, 2.45) is 0 Å². The molecule has 5 heteroatoms. The lowest BCUT2D eigenvalue weighted by Crippen LogP contribution is -2.36. The molecule has 0 fully saturated rings. The number of rotatable bonds is 9. The highest BCUT2D eigenvalue weighted by atomic mass is 32.2. The molecule has 0 aliphatic heterocycles. The Morgan fingerprint density at radius 3 is 2.38 bits per heavy atom. The summed E-state index contributed by atoms with van der Waals surface area (Å²) in [7, 11) is 0. The van der Waals surface area contributed by atoms with Crippen molar-refractivity contribution in [3.63, 3.8) is 0 Å². The second-order valence-corrected chi connectivity index (χ2v) is 7.90. The summed E-state index contributed by atoms with van der Waals surface area (Å²) in [5, 5.41) is 8.44. The first-order chi connectivity index (χ1) is 12.8.